The second-order valence-corrected chi connectivity index (χ2v) is 2.83. The van der Waals surface area contributed by atoms with E-state index >= 15 is 0 Å². The van der Waals surface area contributed by atoms with Gasteiger partial charge in [0.2, 0.25) is 17.8 Å². The van der Waals surface area contributed by atoms with E-state index in [0.717, 1.165) is 0 Å². The number of nitrogens with zero attached hydrogens (tertiary/aromatic N) is 3. The molecule has 0 spiro atoms. The van der Waals surface area contributed by atoms with Crippen LogP contribution >= 0.6 is 0 Å². The third kappa shape index (κ3) is 4.35. The molecule has 9 heteroatoms. The maximum absolute atomic E-state index is 8.57. The first-order valence-electron chi connectivity index (χ1n) is 4.05. The zero-order chi connectivity index (χ0) is 11.5. The van der Waals surface area contributed by atoms with Crippen LogP contribution in [0.3, 0.4) is 0 Å². The summed E-state index contributed by atoms with van der Waals surface area (Å²) in [5.41, 5.74) is 10.6. The Labute approximate surface area is 84.8 Å². The molecule has 1 aromatic heterocycles. The molecule has 0 amide bonds. The van der Waals surface area contributed by atoms with Crippen molar-refractivity contribution in [2.45, 2.75) is 12.4 Å². The summed E-state index contributed by atoms with van der Waals surface area (Å²) >= 11 is 0. The molecule has 0 aliphatic carbocycles. The van der Waals surface area contributed by atoms with Crippen LogP contribution in [0.1, 0.15) is 6.42 Å². The number of nitrogens with one attached hydrogen (secondary N) is 1. The van der Waals surface area contributed by atoms with Crippen LogP contribution in [0.25, 0.3) is 0 Å². The van der Waals surface area contributed by atoms with Gasteiger partial charge in [0.25, 0.3) is 5.97 Å². The number of aliphatic hydroxyl groups is 3. The van der Waals surface area contributed by atoms with Gasteiger partial charge in [-0.15, -0.1) is 0 Å². The maximum Gasteiger partial charge on any atom is 0.277 e. The molecule has 84 valence electrons. The third-order valence-corrected chi connectivity index (χ3v) is 1.41. The van der Waals surface area contributed by atoms with Gasteiger partial charge < -0.3 is 32.1 Å². The summed E-state index contributed by atoms with van der Waals surface area (Å²) in [6.45, 7) is 0.0341. The first-order valence-corrected chi connectivity index (χ1v) is 4.05. The number of hydrogen-bond acceptors (Lipinski definition) is 9. The summed E-state index contributed by atoms with van der Waals surface area (Å²) in [5.74, 6) is -2.72. The average molecular weight is 216 g/mol. The van der Waals surface area contributed by atoms with Crippen molar-refractivity contribution in [2.24, 2.45) is 0 Å². The number of hydrogen-bond donors (Lipinski definition) is 6. The van der Waals surface area contributed by atoms with Gasteiger partial charge in [-0.3, -0.25) is 0 Å². The Balaban J connectivity index is 2.51. The third-order valence-electron chi connectivity index (χ3n) is 1.41. The number of rotatable bonds is 4. The Kier molecular flexibility index (Phi) is 3.19. The van der Waals surface area contributed by atoms with Crippen LogP contribution in [-0.2, 0) is 0 Å². The van der Waals surface area contributed by atoms with Crippen molar-refractivity contribution >= 4 is 17.8 Å². The Morgan fingerprint density at radius 2 is 1.60 bits per heavy atom. The lowest BCUT2D eigenvalue weighted by atomic mass is 10.4. The second kappa shape index (κ2) is 4.21. The number of nitrogens with two attached hydrogens (primary N) is 2. The van der Waals surface area contributed by atoms with Gasteiger partial charge in [-0.1, -0.05) is 0 Å². The zero-order valence-electron chi connectivity index (χ0n) is 7.75. The van der Waals surface area contributed by atoms with E-state index < -0.39 is 5.97 Å². The Hall–Kier alpha value is -1.71. The van der Waals surface area contributed by atoms with Crippen LogP contribution in [0.5, 0.6) is 0 Å². The molecule has 0 saturated carbocycles. The minimum atomic E-state index is -2.73. The van der Waals surface area contributed by atoms with Gasteiger partial charge in [0.1, 0.15) is 0 Å². The number of nitrogen functional groups attached to an aromatic ring is 2. The smallest absolute Gasteiger partial charge is 0.277 e. The Morgan fingerprint density at radius 1 is 1.07 bits per heavy atom. The largest absolute Gasteiger partial charge is 0.368 e. The van der Waals surface area contributed by atoms with E-state index in [0.29, 0.717) is 0 Å². The Bertz CT molecular complexity index is 318. The predicted molar refractivity (Wildman–Crippen MR) is 51.1 cm³/mol. The van der Waals surface area contributed by atoms with Crippen molar-refractivity contribution in [3.05, 3.63) is 0 Å². The van der Waals surface area contributed by atoms with Crippen molar-refractivity contribution in [1.82, 2.24) is 15.0 Å². The van der Waals surface area contributed by atoms with Gasteiger partial charge in [-0.25, -0.2) is 0 Å². The molecule has 8 N–H and O–H groups in total. The lowest BCUT2D eigenvalue weighted by molar-refractivity contribution is -0.312. The van der Waals surface area contributed by atoms with E-state index in [4.69, 9.17) is 26.8 Å². The molecule has 1 rings (SSSR count). The Morgan fingerprint density at radius 3 is 2.07 bits per heavy atom. The van der Waals surface area contributed by atoms with Crippen molar-refractivity contribution < 1.29 is 15.3 Å². The van der Waals surface area contributed by atoms with E-state index in [9.17, 15) is 0 Å². The highest BCUT2D eigenvalue weighted by molar-refractivity contribution is 5.36. The van der Waals surface area contributed by atoms with Gasteiger partial charge in [-0.2, -0.15) is 15.0 Å². The quantitative estimate of drug-likeness (QED) is 0.298. The minimum absolute atomic E-state index is 0.0341. The molecule has 1 aromatic rings. The van der Waals surface area contributed by atoms with Gasteiger partial charge in [-0.05, 0) is 0 Å². The van der Waals surface area contributed by atoms with Crippen LogP contribution in [0, 0.1) is 0 Å². The average Bonchev–Trinajstić information content (AvgIpc) is 1.99. The van der Waals surface area contributed by atoms with E-state index in [2.05, 4.69) is 20.3 Å². The van der Waals surface area contributed by atoms with E-state index in [-0.39, 0.29) is 30.8 Å². The summed E-state index contributed by atoms with van der Waals surface area (Å²) in [5, 5.41) is 28.3. The molecule has 0 aliphatic rings. The van der Waals surface area contributed by atoms with E-state index in [1.165, 1.54) is 0 Å². The molecule has 0 aromatic carbocycles. The molecule has 0 bridgehead atoms. The summed E-state index contributed by atoms with van der Waals surface area (Å²) in [7, 11) is 0. The molecule has 15 heavy (non-hydrogen) atoms. The normalized spacial score (nSPS) is 11.4. The molecule has 0 aliphatic heterocycles. The van der Waals surface area contributed by atoms with Crippen LogP contribution in [-0.4, -0.2) is 42.8 Å². The fourth-order valence-electron chi connectivity index (χ4n) is 0.830. The monoisotopic (exact) mass is 216 g/mol. The van der Waals surface area contributed by atoms with Crippen LogP contribution < -0.4 is 16.8 Å². The molecule has 0 unspecified atom stereocenters. The maximum atomic E-state index is 8.57. The fraction of sp³-hybridized carbons (Fsp3) is 0.500. The summed E-state index contributed by atoms with van der Waals surface area (Å²) in [6.07, 6.45) is -0.321. The van der Waals surface area contributed by atoms with Gasteiger partial charge in [0.05, 0.1) is 0 Å². The molecule has 0 radical (unpaired) electrons. The SMILES string of the molecule is Nc1nc(N)nc(NCCC(O)(O)O)n1. The molecule has 1 heterocycles. The van der Waals surface area contributed by atoms with Crippen molar-refractivity contribution in [2.75, 3.05) is 23.3 Å². The molecule has 0 saturated heterocycles. The highest BCUT2D eigenvalue weighted by atomic mass is 16.7. The standard InChI is InChI=1S/C6H12N6O3/c7-3-10-4(8)12-5(11-3)9-2-1-6(13,14)15/h13-15H,1-2H2,(H5,7,8,9,10,11,12). The summed E-state index contributed by atoms with van der Waals surface area (Å²) in [4.78, 5) is 10.9. The first-order chi connectivity index (χ1) is 6.87. The first kappa shape index (κ1) is 11.4. The van der Waals surface area contributed by atoms with E-state index in [1.54, 1.807) is 0 Å². The molecular formula is C6H12N6O3. The van der Waals surface area contributed by atoms with Crippen LogP contribution in [0.2, 0.25) is 0 Å². The lowest BCUT2D eigenvalue weighted by Gasteiger charge is -2.13. The molecule has 0 atom stereocenters. The topological polar surface area (TPSA) is 163 Å². The highest BCUT2D eigenvalue weighted by Crippen LogP contribution is 2.05. The summed E-state index contributed by atoms with van der Waals surface area (Å²) < 4.78 is 0. The van der Waals surface area contributed by atoms with E-state index in [1.807, 2.05) is 0 Å². The number of aromatic nitrogens is 3. The van der Waals surface area contributed by atoms with Crippen molar-refractivity contribution in [3.8, 4) is 0 Å². The summed E-state index contributed by atoms with van der Waals surface area (Å²) in [6, 6.07) is 0. The van der Waals surface area contributed by atoms with Crippen LogP contribution in [0.15, 0.2) is 0 Å². The molecule has 0 fully saturated rings. The van der Waals surface area contributed by atoms with Gasteiger partial charge in [0, 0.05) is 13.0 Å². The fourth-order valence-corrected chi connectivity index (χ4v) is 0.830. The van der Waals surface area contributed by atoms with Crippen LogP contribution in [0.4, 0.5) is 17.8 Å². The molecule has 9 nitrogen and oxygen atoms in total. The van der Waals surface area contributed by atoms with Crippen molar-refractivity contribution in [3.63, 3.8) is 0 Å². The predicted octanol–water partition coefficient (Wildman–Crippen LogP) is -2.53. The zero-order valence-corrected chi connectivity index (χ0v) is 7.75. The van der Waals surface area contributed by atoms with Crippen molar-refractivity contribution in [1.29, 1.82) is 0 Å². The van der Waals surface area contributed by atoms with Gasteiger partial charge >= 0.3 is 0 Å². The molecular weight excluding hydrogens is 204 g/mol. The number of anilines is 3. The van der Waals surface area contributed by atoms with Gasteiger partial charge in [0.15, 0.2) is 0 Å². The lowest BCUT2D eigenvalue weighted by Crippen LogP contribution is -2.30. The highest BCUT2D eigenvalue weighted by Gasteiger charge is 2.17. The minimum Gasteiger partial charge on any atom is -0.368 e. The second-order valence-electron chi connectivity index (χ2n) is 2.83.